The topological polar surface area (TPSA) is 29.1 Å². The van der Waals surface area contributed by atoms with Crippen LogP contribution in [0.1, 0.15) is 0 Å². The molecule has 7 heavy (non-hydrogen) atoms. The molecule has 0 bridgehead atoms. The van der Waals surface area contributed by atoms with Crippen molar-refractivity contribution in [1.29, 1.82) is 0 Å². The van der Waals surface area contributed by atoms with Crippen LogP contribution >= 0.6 is 0 Å². The van der Waals surface area contributed by atoms with Crippen molar-refractivity contribution in [2.45, 2.75) is 0 Å². The van der Waals surface area contributed by atoms with E-state index in [2.05, 4.69) is 6.58 Å². The van der Waals surface area contributed by atoms with Crippen molar-refractivity contribution in [3.63, 3.8) is 0 Å². The van der Waals surface area contributed by atoms with E-state index in [1.807, 2.05) is 5.32 Å². The number of hydrogen-bond acceptors (Lipinski definition) is 1. The second kappa shape index (κ2) is 3.33. The number of hydrogen-bond donors (Lipinski definition) is 1. The summed E-state index contributed by atoms with van der Waals surface area (Å²) in [5.41, 5.74) is 0. The Morgan fingerprint density at radius 2 is 2.57 bits per heavy atom. The summed E-state index contributed by atoms with van der Waals surface area (Å²) < 4.78 is 11.1. The molecule has 0 saturated heterocycles. The van der Waals surface area contributed by atoms with Crippen LogP contribution in [-0.4, -0.2) is 12.7 Å². The van der Waals surface area contributed by atoms with Crippen molar-refractivity contribution in [1.82, 2.24) is 5.32 Å². The number of halogens is 1. The molecule has 1 N–H and O–H groups in total. The molecule has 0 aromatic rings. The Balaban J connectivity index is 3.17. The molecule has 0 unspecified atom stereocenters. The van der Waals surface area contributed by atoms with Gasteiger partial charge in [0, 0.05) is 0 Å². The van der Waals surface area contributed by atoms with Gasteiger partial charge in [-0.2, -0.15) is 0 Å². The SMILES string of the molecule is C=CC(=O)NCF. The zero-order valence-corrected chi connectivity index (χ0v) is 3.78. The average molecular weight is 103 g/mol. The summed E-state index contributed by atoms with van der Waals surface area (Å²) in [5.74, 6) is -0.484. The van der Waals surface area contributed by atoms with Gasteiger partial charge in [-0.1, -0.05) is 6.58 Å². The Hall–Kier alpha value is -0.860. The first-order valence-corrected chi connectivity index (χ1v) is 1.77. The summed E-state index contributed by atoms with van der Waals surface area (Å²) in [6.07, 6.45) is 1.01. The molecule has 0 atom stereocenters. The third-order valence-corrected chi connectivity index (χ3v) is 0.426. The Labute approximate surface area is 41.0 Å². The second-order valence-electron chi connectivity index (χ2n) is 0.879. The molecule has 0 saturated carbocycles. The van der Waals surface area contributed by atoms with E-state index in [1.165, 1.54) is 0 Å². The van der Waals surface area contributed by atoms with Gasteiger partial charge in [0.05, 0.1) is 0 Å². The van der Waals surface area contributed by atoms with Crippen LogP contribution < -0.4 is 5.32 Å². The fourth-order valence-corrected chi connectivity index (χ4v) is 0.138. The van der Waals surface area contributed by atoms with Crippen LogP contribution in [0.2, 0.25) is 0 Å². The molecule has 3 heteroatoms. The maximum Gasteiger partial charge on any atom is 0.245 e. The monoisotopic (exact) mass is 103 g/mol. The standard InChI is InChI=1S/C4H6FNO/c1-2-4(7)6-3-5/h2H,1,3H2,(H,6,7). The molecule has 0 aromatic carbocycles. The molecule has 0 aromatic heterocycles. The highest BCUT2D eigenvalue weighted by atomic mass is 19.1. The van der Waals surface area contributed by atoms with Crippen molar-refractivity contribution >= 4 is 5.91 Å². The number of nitrogens with one attached hydrogen (secondary N) is 1. The van der Waals surface area contributed by atoms with Crippen molar-refractivity contribution in [2.24, 2.45) is 0 Å². The zero-order chi connectivity index (χ0) is 5.70. The summed E-state index contributed by atoms with van der Waals surface area (Å²) in [6, 6.07) is 0. The first kappa shape index (κ1) is 6.14. The van der Waals surface area contributed by atoms with Crippen LogP contribution in [0.15, 0.2) is 12.7 Å². The van der Waals surface area contributed by atoms with Gasteiger partial charge in [-0.05, 0) is 6.08 Å². The Kier molecular flexibility index (Phi) is 2.92. The van der Waals surface area contributed by atoms with Crippen molar-refractivity contribution < 1.29 is 9.18 Å². The Bertz CT molecular complexity index is 81.8. The van der Waals surface area contributed by atoms with Gasteiger partial charge in [0.25, 0.3) is 0 Å². The van der Waals surface area contributed by atoms with Crippen LogP contribution in [0.25, 0.3) is 0 Å². The molecular formula is C4H6FNO. The molecule has 0 spiro atoms. The first-order valence-electron chi connectivity index (χ1n) is 1.77. The van der Waals surface area contributed by atoms with Crippen LogP contribution in [0, 0.1) is 0 Å². The van der Waals surface area contributed by atoms with Crippen molar-refractivity contribution in [2.75, 3.05) is 6.80 Å². The van der Waals surface area contributed by atoms with E-state index in [-0.39, 0.29) is 0 Å². The maximum absolute atomic E-state index is 11.1. The minimum Gasteiger partial charge on any atom is -0.325 e. The van der Waals surface area contributed by atoms with Gasteiger partial charge in [-0.3, -0.25) is 4.79 Å². The highest BCUT2D eigenvalue weighted by molar-refractivity contribution is 5.86. The van der Waals surface area contributed by atoms with E-state index in [0.717, 1.165) is 6.08 Å². The van der Waals surface area contributed by atoms with Gasteiger partial charge in [0.15, 0.2) is 6.80 Å². The van der Waals surface area contributed by atoms with E-state index in [0.29, 0.717) is 0 Å². The van der Waals surface area contributed by atoms with Crippen LogP contribution in [0.4, 0.5) is 4.39 Å². The van der Waals surface area contributed by atoms with Gasteiger partial charge in [-0.25, -0.2) is 4.39 Å². The Morgan fingerprint density at radius 1 is 2.00 bits per heavy atom. The fourth-order valence-electron chi connectivity index (χ4n) is 0.138. The number of carbonyl (C=O) groups is 1. The number of carbonyl (C=O) groups excluding carboxylic acids is 1. The smallest absolute Gasteiger partial charge is 0.245 e. The lowest BCUT2D eigenvalue weighted by molar-refractivity contribution is -0.117. The van der Waals surface area contributed by atoms with Gasteiger partial charge in [-0.15, -0.1) is 0 Å². The van der Waals surface area contributed by atoms with Crippen LogP contribution in [0.5, 0.6) is 0 Å². The van der Waals surface area contributed by atoms with E-state index in [9.17, 15) is 9.18 Å². The molecular weight excluding hydrogens is 97.0 g/mol. The highest BCUT2D eigenvalue weighted by Crippen LogP contribution is 1.63. The molecule has 0 aliphatic rings. The molecule has 0 radical (unpaired) electrons. The van der Waals surface area contributed by atoms with Crippen molar-refractivity contribution in [3.8, 4) is 0 Å². The minimum absolute atomic E-state index is 0.484. The fraction of sp³-hybridized carbons (Fsp3) is 0.250. The molecule has 0 aliphatic carbocycles. The second-order valence-corrected chi connectivity index (χ2v) is 0.879. The summed E-state index contributed by atoms with van der Waals surface area (Å²) in [4.78, 5) is 9.94. The minimum atomic E-state index is -0.829. The molecule has 0 fully saturated rings. The zero-order valence-electron chi connectivity index (χ0n) is 3.78. The first-order chi connectivity index (χ1) is 3.31. The largest absolute Gasteiger partial charge is 0.325 e. The van der Waals surface area contributed by atoms with E-state index >= 15 is 0 Å². The predicted octanol–water partition coefficient (Wildman–Crippen LogP) is 0.216. The Morgan fingerprint density at radius 3 is 2.71 bits per heavy atom. The lowest BCUT2D eigenvalue weighted by Gasteiger charge is -1.87. The third kappa shape index (κ3) is 2.96. The quantitative estimate of drug-likeness (QED) is 0.393. The van der Waals surface area contributed by atoms with Crippen LogP contribution in [0.3, 0.4) is 0 Å². The van der Waals surface area contributed by atoms with E-state index in [1.54, 1.807) is 0 Å². The van der Waals surface area contributed by atoms with Gasteiger partial charge in [0.1, 0.15) is 0 Å². The molecule has 40 valence electrons. The highest BCUT2D eigenvalue weighted by Gasteiger charge is 1.85. The average Bonchev–Trinajstić information content (AvgIpc) is 1.68. The van der Waals surface area contributed by atoms with Gasteiger partial charge < -0.3 is 5.32 Å². The molecule has 2 nitrogen and oxygen atoms in total. The van der Waals surface area contributed by atoms with E-state index in [4.69, 9.17) is 0 Å². The molecule has 0 heterocycles. The molecule has 0 aliphatic heterocycles. The summed E-state index contributed by atoms with van der Waals surface area (Å²) in [5, 5.41) is 1.87. The number of alkyl halides is 1. The third-order valence-electron chi connectivity index (χ3n) is 0.426. The number of rotatable bonds is 2. The summed E-state index contributed by atoms with van der Waals surface area (Å²) >= 11 is 0. The van der Waals surface area contributed by atoms with E-state index < -0.39 is 12.7 Å². The van der Waals surface area contributed by atoms with Crippen LogP contribution in [-0.2, 0) is 4.79 Å². The predicted molar refractivity (Wildman–Crippen MR) is 24.3 cm³/mol. The lowest BCUT2D eigenvalue weighted by Crippen LogP contribution is -2.18. The van der Waals surface area contributed by atoms with Gasteiger partial charge >= 0.3 is 0 Å². The van der Waals surface area contributed by atoms with Crippen molar-refractivity contribution in [3.05, 3.63) is 12.7 Å². The number of amides is 1. The lowest BCUT2D eigenvalue weighted by atomic mass is 10.6. The normalized spacial score (nSPS) is 7.57. The molecule has 0 rings (SSSR count). The maximum atomic E-state index is 11.1. The summed E-state index contributed by atoms with van der Waals surface area (Å²) in [6.45, 7) is 2.27. The molecule has 1 amide bonds. The summed E-state index contributed by atoms with van der Waals surface area (Å²) in [7, 11) is 0. The van der Waals surface area contributed by atoms with Gasteiger partial charge in [0.2, 0.25) is 5.91 Å².